The maximum Gasteiger partial charge on any atom is 0.191 e. The molecule has 0 unspecified atom stereocenters. The summed E-state index contributed by atoms with van der Waals surface area (Å²) in [6, 6.07) is 9.67. The molecule has 1 heterocycles. The van der Waals surface area contributed by atoms with Gasteiger partial charge in [-0.1, -0.05) is 18.2 Å². The van der Waals surface area contributed by atoms with Crippen LogP contribution in [0.15, 0.2) is 47.0 Å². The molecule has 0 atom stereocenters. The molecule has 1 aromatic carbocycles. The van der Waals surface area contributed by atoms with Crippen LogP contribution < -0.4 is 10.7 Å². The molecule has 0 aliphatic heterocycles. The van der Waals surface area contributed by atoms with Gasteiger partial charge in [0.25, 0.3) is 0 Å². The molecule has 2 N–H and O–H groups in total. The van der Waals surface area contributed by atoms with Crippen molar-refractivity contribution in [2.24, 2.45) is 5.10 Å². The summed E-state index contributed by atoms with van der Waals surface area (Å²) in [5.74, 6) is 0. The summed E-state index contributed by atoms with van der Waals surface area (Å²) in [5, 5.41) is 10.2. The zero-order valence-corrected chi connectivity index (χ0v) is 10.5. The van der Waals surface area contributed by atoms with Gasteiger partial charge in [0.15, 0.2) is 5.11 Å². The Morgan fingerprint density at radius 2 is 2.18 bits per heavy atom. The first-order valence-corrected chi connectivity index (χ1v) is 6.18. The standard InChI is InChI=1S/C11H10N4S2/c16-11(14-9-4-2-1-3-5-9)15-13-8-10-12-6-7-17-10/h1-8H,(H2,14,15,16)/b13-8+. The van der Waals surface area contributed by atoms with E-state index in [1.165, 1.54) is 11.3 Å². The van der Waals surface area contributed by atoms with E-state index in [1.807, 2.05) is 35.7 Å². The Kier molecular flexibility index (Phi) is 4.17. The Morgan fingerprint density at radius 1 is 1.35 bits per heavy atom. The average molecular weight is 262 g/mol. The van der Waals surface area contributed by atoms with Crippen molar-refractivity contribution in [1.29, 1.82) is 0 Å². The predicted molar refractivity (Wildman–Crippen MR) is 75.5 cm³/mol. The Hall–Kier alpha value is -1.79. The molecular weight excluding hydrogens is 252 g/mol. The highest BCUT2D eigenvalue weighted by molar-refractivity contribution is 7.80. The number of hydrazone groups is 1. The number of thiazole rings is 1. The van der Waals surface area contributed by atoms with Crippen molar-refractivity contribution in [2.75, 3.05) is 5.32 Å². The number of rotatable bonds is 3. The minimum absolute atomic E-state index is 0.448. The molecule has 0 aliphatic rings. The van der Waals surface area contributed by atoms with Crippen molar-refractivity contribution in [3.8, 4) is 0 Å². The number of benzene rings is 1. The molecule has 0 saturated heterocycles. The molecule has 2 aromatic rings. The summed E-state index contributed by atoms with van der Waals surface area (Å²) in [5.41, 5.74) is 3.65. The maximum absolute atomic E-state index is 5.08. The topological polar surface area (TPSA) is 49.3 Å². The van der Waals surface area contributed by atoms with Gasteiger partial charge in [0.05, 0.1) is 6.21 Å². The number of nitrogens with zero attached hydrogens (tertiary/aromatic N) is 2. The van der Waals surface area contributed by atoms with Crippen LogP contribution in [-0.4, -0.2) is 16.3 Å². The molecule has 86 valence electrons. The lowest BCUT2D eigenvalue weighted by molar-refractivity contribution is 1.05. The molecule has 0 radical (unpaired) electrons. The third kappa shape index (κ3) is 3.93. The second kappa shape index (κ2) is 6.07. The lowest BCUT2D eigenvalue weighted by Crippen LogP contribution is -2.23. The van der Waals surface area contributed by atoms with Crippen LogP contribution >= 0.6 is 23.6 Å². The van der Waals surface area contributed by atoms with Gasteiger partial charge in [-0.05, 0) is 24.4 Å². The first-order valence-electron chi connectivity index (χ1n) is 4.89. The SMILES string of the molecule is S=C(N/N=C/c1nccs1)Nc1ccccc1. The fourth-order valence-corrected chi connectivity index (χ4v) is 1.79. The predicted octanol–water partition coefficient (Wildman–Crippen LogP) is 2.46. The van der Waals surface area contributed by atoms with Gasteiger partial charge in [-0.15, -0.1) is 11.3 Å². The van der Waals surface area contributed by atoms with Gasteiger partial charge in [0.1, 0.15) is 5.01 Å². The monoisotopic (exact) mass is 262 g/mol. The number of thiocarbonyl (C=S) groups is 1. The van der Waals surface area contributed by atoms with Gasteiger partial charge in [-0.2, -0.15) is 5.10 Å². The third-order valence-corrected chi connectivity index (χ3v) is 2.73. The van der Waals surface area contributed by atoms with E-state index in [-0.39, 0.29) is 0 Å². The van der Waals surface area contributed by atoms with Crippen molar-refractivity contribution in [1.82, 2.24) is 10.4 Å². The normalized spacial score (nSPS) is 10.4. The van der Waals surface area contributed by atoms with Crippen LogP contribution in [0, 0.1) is 0 Å². The molecule has 0 fully saturated rings. The fraction of sp³-hybridized carbons (Fsp3) is 0. The number of anilines is 1. The molecule has 0 amide bonds. The summed E-state index contributed by atoms with van der Waals surface area (Å²) < 4.78 is 0. The molecule has 1 aromatic heterocycles. The van der Waals surface area contributed by atoms with Crippen LogP contribution in [0.25, 0.3) is 0 Å². The van der Waals surface area contributed by atoms with E-state index in [4.69, 9.17) is 12.2 Å². The van der Waals surface area contributed by atoms with Crippen LogP contribution in [0.1, 0.15) is 5.01 Å². The van der Waals surface area contributed by atoms with Crippen molar-refractivity contribution in [2.45, 2.75) is 0 Å². The summed E-state index contributed by atoms with van der Waals surface area (Å²) in [4.78, 5) is 4.06. The van der Waals surface area contributed by atoms with Gasteiger partial charge in [-0.3, -0.25) is 5.43 Å². The first-order chi connectivity index (χ1) is 8.34. The molecule has 4 nitrogen and oxygen atoms in total. The second-order valence-electron chi connectivity index (χ2n) is 3.06. The van der Waals surface area contributed by atoms with Crippen molar-refractivity contribution in [3.05, 3.63) is 46.9 Å². The Morgan fingerprint density at radius 3 is 2.88 bits per heavy atom. The van der Waals surface area contributed by atoms with E-state index in [9.17, 15) is 0 Å². The van der Waals surface area contributed by atoms with Crippen LogP contribution in [0.2, 0.25) is 0 Å². The highest BCUT2D eigenvalue weighted by atomic mass is 32.1. The van der Waals surface area contributed by atoms with E-state index < -0.39 is 0 Å². The molecule has 0 saturated carbocycles. The summed E-state index contributed by atoms with van der Waals surface area (Å²) in [6.45, 7) is 0. The number of hydrogen-bond donors (Lipinski definition) is 2. The number of nitrogens with one attached hydrogen (secondary N) is 2. The first kappa shape index (κ1) is 11.7. The van der Waals surface area contributed by atoms with E-state index in [0.717, 1.165) is 10.7 Å². The van der Waals surface area contributed by atoms with Gasteiger partial charge >= 0.3 is 0 Å². The van der Waals surface area contributed by atoms with Gasteiger partial charge < -0.3 is 5.32 Å². The zero-order valence-electron chi connectivity index (χ0n) is 8.83. The molecule has 17 heavy (non-hydrogen) atoms. The van der Waals surface area contributed by atoms with Crippen LogP contribution in [0.5, 0.6) is 0 Å². The highest BCUT2D eigenvalue weighted by Crippen LogP contribution is 2.04. The largest absolute Gasteiger partial charge is 0.331 e. The summed E-state index contributed by atoms with van der Waals surface area (Å²) in [6.07, 6.45) is 3.36. The maximum atomic E-state index is 5.08. The van der Waals surface area contributed by atoms with E-state index >= 15 is 0 Å². The molecule has 0 spiro atoms. The molecule has 0 aliphatic carbocycles. The fourth-order valence-electron chi connectivity index (χ4n) is 1.12. The Balaban J connectivity index is 1.82. The minimum atomic E-state index is 0.448. The van der Waals surface area contributed by atoms with E-state index in [1.54, 1.807) is 12.4 Å². The van der Waals surface area contributed by atoms with Gasteiger partial charge in [-0.25, -0.2) is 4.98 Å². The average Bonchev–Trinajstić information content (AvgIpc) is 2.83. The van der Waals surface area contributed by atoms with Crippen molar-refractivity contribution in [3.63, 3.8) is 0 Å². The van der Waals surface area contributed by atoms with Gasteiger partial charge in [0, 0.05) is 17.3 Å². The van der Waals surface area contributed by atoms with Crippen molar-refractivity contribution >= 4 is 40.6 Å². The highest BCUT2D eigenvalue weighted by Gasteiger charge is 1.94. The molecular formula is C11H10N4S2. The van der Waals surface area contributed by atoms with Crippen LogP contribution in [-0.2, 0) is 0 Å². The molecule has 6 heteroatoms. The molecule has 2 rings (SSSR count). The quantitative estimate of drug-likeness (QED) is 0.507. The number of para-hydroxylation sites is 1. The van der Waals surface area contributed by atoms with Crippen LogP contribution in [0.3, 0.4) is 0 Å². The Bertz CT molecular complexity index is 493. The molecule has 0 bridgehead atoms. The number of hydrogen-bond acceptors (Lipinski definition) is 4. The smallest absolute Gasteiger partial charge is 0.191 e. The third-order valence-electron chi connectivity index (χ3n) is 1.82. The van der Waals surface area contributed by atoms with E-state index in [0.29, 0.717) is 5.11 Å². The summed E-state index contributed by atoms with van der Waals surface area (Å²) in [7, 11) is 0. The zero-order chi connectivity index (χ0) is 11.9. The number of aromatic nitrogens is 1. The van der Waals surface area contributed by atoms with Crippen LogP contribution in [0.4, 0.5) is 5.69 Å². The minimum Gasteiger partial charge on any atom is -0.331 e. The second-order valence-corrected chi connectivity index (χ2v) is 4.39. The Labute approximate surface area is 108 Å². The lowest BCUT2D eigenvalue weighted by atomic mass is 10.3. The van der Waals surface area contributed by atoms with Gasteiger partial charge in [0.2, 0.25) is 0 Å². The van der Waals surface area contributed by atoms with E-state index in [2.05, 4.69) is 20.8 Å². The summed E-state index contributed by atoms with van der Waals surface area (Å²) >= 11 is 6.59. The van der Waals surface area contributed by atoms with Crippen molar-refractivity contribution < 1.29 is 0 Å². The lowest BCUT2D eigenvalue weighted by Gasteiger charge is -2.05.